The van der Waals surface area contributed by atoms with E-state index in [2.05, 4.69) is 15.3 Å². The zero-order valence-corrected chi connectivity index (χ0v) is 18.4. The predicted octanol–water partition coefficient (Wildman–Crippen LogP) is 5.93. The van der Waals surface area contributed by atoms with E-state index in [0.29, 0.717) is 43.9 Å². The Balaban J connectivity index is 1.86. The van der Waals surface area contributed by atoms with E-state index in [1.54, 1.807) is 49.7 Å². The third kappa shape index (κ3) is 4.87. The van der Waals surface area contributed by atoms with E-state index in [9.17, 15) is 10.1 Å². The quantitative estimate of drug-likeness (QED) is 0.344. The van der Waals surface area contributed by atoms with Gasteiger partial charge in [-0.25, -0.2) is 9.97 Å². The summed E-state index contributed by atoms with van der Waals surface area (Å²) in [5, 5.41) is 14.9. The van der Waals surface area contributed by atoms with Gasteiger partial charge in [0.2, 0.25) is 5.95 Å². The molecule has 31 heavy (non-hydrogen) atoms. The Morgan fingerprint density at radius 1 is 1.06 bits per heavy atom. The highest BCUT2D eigenvalue weighted by Crippen LogP contribution is 2.41. The number of hydrogen-bond acceptors (Lipinski definition) is 7. The molecule has 10 heteroatoms. The van der Waals surface area contributed by atoms with Crippen LogP contribution < -0.4 is 14.8 Å². The third-order valence-electron chi connectivity index (χ3n) is 4.41. The number of nitro groups is 1. The highest BCUT2D eigenvalue weighted by molar-refractivity contribution is 6.39. The number of hydrogen-bond donors (Lipinski definition) is 1. The molecule has 0 unspecified atom stereocenters. The molecule has 3 aromatic rings. The molecule has 1 aromatic heterocycles. The van der Waals surface area contributed by atoms with Gasteiger partial charge in [-0.2, -0.15) is 0 Å². The first-order valence-electron chi connectivity index (χ1n) is 8.96. The molecule has 0 bridgehead atoms. The van der Waals surface area contributed by atoms with Crippen molar-refractivity contribution in [1.29, 1.82) is 0 Å². The number of halogens is 2. The summed E-state index contributed by atoms with van der Waals surface area (Å²) in [7, 11) is 3.00. The fourth-order valence-electron chi connectivity index (χ4n) is 2.80. The molecule has 0 aliphatic carbocycles. The van der Waals surface area contributed by atoms with Gasteiger partial charge in [0.15, 0.2) is 0 Å². The number of rotatable bonds is 7. The van der Waals surface area contributed by atoms with Gasteiger partial charge in [-0.15, -0.1) is 0 Å². The van der Waals surface area contributed by atoms with Crippen LogP contribution in [0.5, 0.6) is 11.5 Å². The Kier molecular flexibility index (Phi) is 6.94. The van der Waals surface area contributed by atoms with Crippen LogP contribution in [0.25, 0.3) is 12.2 Å². The normalized spacial score (nSPS) is 10.9. The molecule has 0 spiro atoms. The highest BCUT2D eigenvalue weighted by Gasteiger charge is 2.17. The topological polar surface area (TPSA) is 99.4 Å². The standard InChI is InChI=1S/C21H18Cl2N4O4/c1-12-5-4-6-15(27(28)29)20(12)26-21-24-10-13(11-25-21)7-8-14-18(22)16(30-2)9-17(31-3)19(14)23/h4-11H,1-3H3,(H,24,25,26). The molecule has 0 aliphatic rings. The summed E-state index contributed by atoms with van der Waals surface area (Å²) in [5.74, 6) is 1.09. The number of aromatic nitrogens is 2. The van der Waals surface area contributed by atoms with Gasteiger partial charge in [-0.3, -0.25) is 10.1 Å². The Labute approximate surface area is 188 Å². The molecule has 0 fully saturated rings. The van der Waals surface area contributed by atoms with Crippen molar-refractivity contribution in [2.24, 2.45) is 0 Å². The molecule has 1 N–H and O–H groups in total. The number of anilines is 2. The molecule has 3 rings (SSSR count). The van der Waals surface area contributed by atoms with Crippen molar-refractivity contribution in [3.05, 3.63) is 73.5 Å². The molecule has 0 atom stereocenters. The van der Waals surface area contributed by atoms with E-state index >= 15 is 0 Å². The van der Waals surface area contributed by atoms with Gasteiger partial charge in [0.1, 0.15) is 17.2 Å². The Morgan fingerprint density at radius 3 is 2.23 bits per heavy atom. The summed E-state index contributed by atoms with van der Waals surface area (Å²) < 4.78 is 10.5. The van der Waals surface area contributed by atoms with E-state index < -0.39 is 4.92 Å². The van der Waals surface area contributed by atoms with Crippen LogP contribution in [0.3, 0.4) is 0 Å². The first-order valence-corrected chi connectivity index (χ1v) is 9.72. The van der Waals surface area contributed by atoms with Crippen LogP contribution in [0.15, 0.2) is 36.7 Å². The number of aryl methyl sites for hydroxylation is 1. The molecule has 8 nitrogen and oxygen atoms in total. The summed E-state index contributed by atoms with van der Waals surface area (Å²) >= 11 is 12.7. The van der Waals surface area contributed by atoms with E-state index in [0.717, 1.165) is 0 Å². The van der Waals surface area contributed by atoms with E-state index in [1.165, 1.54) is 20.3 Å². The van der Waals surface area contributed by atoms with Crippen molar-refractivity contribution >= 4 is 52.7 Å². The Morgan fingerprint density at radius 2 is 1.68 bits per heavy atom. The number of benzene rings is 2. The van der Waals surface area contributed by atoms with Gasteiger partial charge in [-0.05, 0) is 12.5 Å². The summed E-state index contributed by atoms with van der Waals surface area (Å²) in [6.07, 6.45) is 6.56. The fourth-order valence-corrected chi connectivity index (χ4v) is 3.42. The van der Waals surface area contributed by atoms with Crippen LogP contribution in [-0.2, 0) is 0 Å². The fraction of sp³-hybridized carbons (Fsp3) is 0.143. The number of ether oxygens (including phenoxy) is 2. The monoisotopic (exact) mass is 460 g/mol. The number of para-hydroxylation sites is 1. The molecule has 0 amide bonds. The first-order chi connectivity index (χ1) is 14.8. The first kappa shape index (κ1) is 22.3. The van der Waals surface area contributed by atoms with Crippen LogP contribution in [0.1, 0.15) is 16.7 Å². The van der Waals surface area contributed by atoms with E-state index in [-0.39, 0.29) is 11.6 Å². The molecule has 0 radical (unpaired) electrons. The average molecular weight is 461 g/mol. The van der Waals surface area contributed by atoms with Crippen molar-refractivity contribution in [2.45, 2.75) is 6.92 Å². The number of methoxy groups -OCH3 is 2. The lowest BCUT2D eigenvalue weighted by molar-refractivity contribution is -0.384. The summed E-state index contributed by atoms with van der Waals surface area (Å²) in [4.78, 5) is 19.3. The Hall–Kier alpha value is -3.36. The average Bonchev–Trinajstić information content (AvgIpc) is 2.76. The van der Waals surface area contributed by atoms with Gasteiger partial charge >= 0.3 is 0 Å². The van der Waals surface area contributed by atoms with Gasteiger partial charge in [0.25, 0.3) is 5.69 Å². The molecule has 2 aromatic carbocycles. The van der Waals surface area contributed by atoms with Crippen LogP contribution in [-0.4, -0.2) is 29.1 Å². The SMILES string of the molecule is COc1cc(OC)c(Cl)c(C=Cc2cnc(Nc3c(C)cccc3[N+](=O)[O-])nc2)c1Cl. The minimum atomic E-state index is -0.456. The van der Waals surface area contributed by atoms with Crippen molar-refractivity contribution in [3.63, 3.8) is 0 Å². The summed E-state index contributed by atoms with van der Waals surface area (Å²) in [6.45, 7) is 1.77. The lowest BCUT2D eigenvalue weighted by atomic mass is 10.1. The molecule has 0 saturated carbocycles. The molecule has 160 valence electrons. The van der Waals surface area contributed by atoms with E-state index in [4.69, 9.17) is 32.7 Å². The third-order valence-corrected chi connectivity index (χ3v) is 5.19. The van der Waals surface area contributed by atoms with Gasteiger partial charge in [0.05, 0.1) is 29.2 Å². The summed E-state index contributed by atoms with van der Waals surface area (Å²) in [5.41, 5.74) is 2.19. The second-order valence-electron chi connectivity index (χ2n) is 6.35. The minimum absolute atomic E-state index is 0.0520. The second kappa shape index (κ2) is 9.63. The molecule has 0 aliphatic heterocycles. The summed E-state index contributed by atoms with van der Waals surface area (Å²) in [6, 6.07) is 6.41. The smallest absolute Gasteiger partial charge is 0.293 e. The largest absolute Gasteiger partial charge is 0.495 e. The van der Waals surface area contributed by atoms with Crippen molar-refractivity contribution in [3.8, 4) is 11.5 Å². The van der Waals surface area contributed by atoms with Gasteiger partial charge in [0, 0.05) is 35.7 Å². The van der Waals surface area contributed by atoms with Crippen molar-refractivity contribution in [2.75, 3.05) is 19.5 Å². The van der Waals surface area contributed by atoms with Crippen LogP contribution in [0.4, 0.5) is 17.3 Å². The van der Waals surface area contributed by atoms with Crippen LogP contribution in [0.2, 0.25) is 10.0 Å². The van der Waals surface area contributed by atoms with Crippen molar-refractivity contribution < 1.29 is 14.4 Å². The lowest BCUT2D eigenvalue weighted by Crippen LogP contribution is -2.02. The van der Waals surface area contributed by atoms with Crippen LogP contribution in [0, 0.1) is 17.0 Å². The second-order valence-corrected chi connectivity index (χ2v) is 7.10. The maximum Gasteiger partial charge on any atom is 0.293 e. The van der Waals surface area contributed by atoms with Gasteiger partial charge < -0.3 is 14.8 Å². The van der Waals surface area contributed by atoms with E-state index in [1.807, 2.05) is 0 Å². The molecule has 1 heterocycles. The van der Waals surface area contributed by atoms with Crippen molar-refractivity contribution in [1.82, 2.24) is 9.97 Å². The molecule has 0 saturated heterocycles. The van der Waals surface area contributed by atoms with Gasteiger partial charge in [-0.1, -0.05) is 47.5 Å². The maximum atomic E-state index is 11.3. The zero-order valence-electron chi connectivity index (χ0n) is 16.8. The zero-order chi connectivity index (χ0) is 22.5. The van der Waals surface area contributed by atoms with Crippen LogP contribution >= 0.6 is 23.2 Å². The number of nitrogens with one attached hydrogen (secondary N) is 1. The maximum absolute atomic E-state index is 11.3. The highest BCUT2D eigenvalue weighted by atomic mass is 35.5. The minimum Gasteiger partial charge on any atom is -0.495 e. The number of nitro benzene ring substituents is 1. The number of nitrogens with zero attached hydrogens (tertiary/aromatic N) is 3. The predicted molar refractivity (Wildman–Crippen MR) is 122 cm³/mol. The Bertz CT molecular complexity index is 1120. The lowest BCUT2D eigenvalue weighted by Gasteiger charge is -2.12. The molecular weight excluding hydrogens is 443 g/mol. The molecular formula is C21H18Cl2N4O4.